The lowest BCUT2D eigenvalue weighted by molar-refractivity contribution is -0.112. The van der Waals surface area contributed by atoms with Crippen LogP contribution in [0.15, 0.2) is 23.8 Å². The fourth-order valence-corrected chi connectivity index (χ4v) is 1.84. The monoisotopic (exact) mass is 208 g/mol. The van der Waals surface area contributed by atoms with Gasteiger partial charge in [0.05, 0.1) is 0 Å². The molecule has 0 amide bonds. The molecule has 1 rings (SSSR count). The van der Waals surface area contributed by atoms with Crippen LogP contribution in [-0.2, 0) is 4.79 Å². The first kappa shape index (κ1) is 12.2. The molecule has 0 saturated carbocycles. The standard InChI is InChI=1S/C13H20O2/c1-3-5-7-11-12(14)8-10-13(11,15)9-6-4-2/h7-8,10,15H,3-6,9H2,1-2H3. The van der Waals surface area contributed by atoms with E-state index in [1.54, 1.807) is 6.08 Å². The van der Waals surface area contributed by atoms with E-state index in [0.717, 1.165) is 25.7 Å². The molecule has 0 heterocycles. The largest absolute Gasteiger partial charge is 0.381 e. The molecular formula is C13H20O2. The molecule has 1 aliphatic carbocycles. The highest BCUT2D eigenvalue weighted by Gasteiger charge is 2.35. The molecule has 1 N–H and O–H groups in total. The molecule has 15 heavy (non-hydrogen) atoms. The zero-order valence-corrected chi connectivity index (χ0v) is 9.62. The van der Waals surface area contributed by atoms with Crippen molar-refractivity contribution in [1.82, 2.24) is 0 Å². The van der Waals surface area contributed by atoms with Crippen LogP contribution >= 0.6 is 0 Å². The number of carbonyl (C=O) groups is 1. The van der Waals surface area contributed by atoms with Crippen molar-refractivity contribution in [2.45, 2.75) is 51.6 Å². The Morgan fingerprint density at radius 3 is 2.73 bits per heavy atom. The smallest absolute Gasteiger partial charge is 0.184 e. The Labute approximate surface area is 91.7 Å². The van der Waals surface area contributed by atoms with Crippen LogP contribution in [0.2, 0.25) is 0 Å². The number of aliphatic hydroxyl groups is 1. The van der Waals surface area contributed by atoms with E-state index in [9.17, 15) is 9.90 Å². The number of rotatable bonds is 5. The quantitative estimate of drug-likeness (QED) is 0.705. The van der Waals surface area contributed by atoms with Gasteiger partial charge in [-0.05, 0) is 25.0 Å². The number of hydrogen-bond donors (Lipinski definition) is 1. The van der Waals surface area contributed by atoms with Crippen LogP contribution in [-0.4, -0.2) is 16.5 Å². The molecule has 84 valence electrons. The van der Waals surface area contributed by atoms with Crippen LogP contribution in [0.5, 0.6) is 0 Å². The summed E-state index contributed by atoms with van der Waals surface area (Å²) >= 11 is 0. The summed E-state index contributed by atoms with van der Waals surface area (Å²) in [5.74, 6) is -0.0259. The van der Waals surface area contributed by atoms with Crippen molar-refractivity contribution in [3.63, 3.8) is 0 Å². The normalized spacial score (nSPS) is 27.9. The molecule has 0 radical (unpaired) electrons. The first-order chi connectivity index (χ1) is 7.14. The van der Waals surface area contributed by atoms with E-state index < -0.39 is 5.60 Å². The maximum atomic E-state index is 11.5. The highest BCUT2D eigenvalue weighted by molar-refractivity contribution is 6.08. The highest BCUT2D eigenvalue weighted by atomic mass is 16.3. The SMILES string of the molecule is CCCC=C1C(=O)C=CC1(O)CCCC. The molecule has 0 fully saturated rings. The van der Waals surface area contributed by atoms with Crippen molar-refractivity contribution in [1.29, 1.82) is 0 Å². The van der Waals surface area contributed by atoms with Crippen LogP contribution in [0.25, 0.3) is 0 Å². The molecule has 1 unspecified atom stereocenters. The summed E-state index contributed by atoms with van der Waals surface area (Å²) in [6, 6.07) is 0. The van der Waals surface area contributed by atoms with Gasteiger partial charge in [-0.1, -0.05) is 39.2 Å². The van der Waals surface area contributed by atoms with E-state index in [-0.39, 0.29) is 5.78 Å². The lowest BCUT2D eigenvalue weighted by Crippen LogP contribution is -2.27. The number of allylic oxidation sites excluding steroid dienone is 2. The van der Waals surface area contributed by atoms with Crippen LogP contribution in [0.4, 0.5) is 0 Å². The van der Waals surface area contributed by atoms with Gasteiger partial charge in [-0.2, -0.15) is 0 Å². The van der Waals surface area contributed by atoms with E-state index in [1.807, 2.05) is 6.08 Å². The van der Waals surface area contributed by atoms with Gasteiger partial charge in [0.1, 0.15) is 5.60 Å². The van der Waals surface area contributed by atoms with Gasteiger partial charge in [0.15, 0.2) is 5.78 Å². The Bertz CT molecular complexity index is 289. The third kappa shape index (κ3) is 2.78. The average molecular weight is 208 g/mol. The van der Waals surface area contributed by atoms with E-state index in [2.05, 4.69) is 13.8 Å². The van der Waals surface area contributed by atoms with Gasteiger partial charge in [0.2, 0.25) is 0 Å². The minimum absolute atomic E-state index is 0.0259. The average Bonchev–Trinajstić information content (AvgIpc) is 2.50. The maximum absolute atomic E-state index is 11.5. The summed E-state index contributed by atoms with van der Waals surface area (Å²) in [5.41, 5.74) is -0.403. The van der Waals surface area contributed by atoms with E-state index in [4.69, 9.17) is 0 Å². The Hall–Kier alpha value is -0.890. The highest BCUT2D eigenvalue weighted by Crippen LogP contribution is 2.31. The van der Waals surface area contributed by atoms with E-state index >= 15 is 0 Å². The van der Waals surface area contributed by atoms with Gasteiger partial charge < -0.3 is 5.11 Å². The molecule has 0 aromatic rings. The maximum Gasteiger partial charge on any atom is 0.184 e. The summed E-state index contributed by atoms with van der Waals surface area (Å²) < 4.78 is 0. The van der Waals surface area contributed by atoms with Gasteiger partial charge in [0, 0.05) is 5.57 Å². The van der Waals surface area contributed by atoms with Crippen molar-refractivity contribution < 1.29 is 9.90 Å². The van der Waals surface area contributed by atoms with Gasteiger partial charge >= 0.3 is 0 Å². The molecule has 0 bridgehead atoms. The second-order valence-electron chi connectivity index (χ2n) is 4.13. The first-order valence-electron chi connectivity index (χ1n) is 5.80. The minimum Gasteiger partial charge on any atom is -0.381 e. The molecular weight excluding hydrogens is 188 g/mol. The Morgan fingerprint density at radius 1 is 1.40 bits per heavy atom. The lowest BCUT2D eigenvalue weighted by Gasteiger charge is -2.22. The number of carbonyl (C=O) groups excluding carboxylic acids is 1. The fraction of sp³-hybridized carbons (Fsp3) is 0.615. The van der Waals surface area contributed by atoms with Crippen molar-refractivity contribution in [2.75, 3.05) is 0 Å². The second kappa shape index (κ2) is 5.26. The van der Waals surface area contributed by atoms with E-state index in [1.165, 1.54) is 6.08 Å². The molecule has 0 saturated heterocycles. The minimum atomic E-state index is -0.984. The molecule has 1 aliphatic rings. The number of ketones is 1. The molecule has 2 nitrogen and oxygen atoms in total. The lowest BCUT2D eigenvalue weighted by atomic mass is 9.90. The van der Waals surface area contributed by atoms with Gasteiger partial charge in [0.25, 0.3) is 0 Å². The Balaban J connectivity index is 2.77. The van der Waals surface area contributed by atoms with Crippen LogP contribution in [0, 0.1) is 0 Å². The molecule has 1 atom stereocenters. The van der Waals surface area contributed by atoms with Crippen molar-refractivity contribution >= 4 is 5.78 Å². The van der Waals surface area contributed by atoms with Crippen LogP contribution < -0.4 is 0 Å². The third-order valence-corrected chi connectivity index (χ3v) is 2.79. The molecule has 0 aliphatic heterocycles. The molecule has 0 spiro atoms. The summed E-state index contributed by atoms with van der Waals surface area (Å²) in [7, 11) is 0. The zero-order valence-electron chi connectivity index (χ0n) is 9.62. The predicted octanol–water partition coefficient (Wildman–Crippen LogP) is 2.77. The van der Waals surface area contributed by atoms with Crippen molar-refractivity contribution in [3.05, 3.63) is 23.8 Å². The Morgan fingerprint density at radius 2 is 2.13 bits per heavy atom. The van der Waals surface area contributed by atoms with Gasteiger partial charge in [-0.25, -0.2) is 0 Å². The summed E-state index contributed by atoms with van der Waals surface area (Å²) in [6.45, 7) is 4.15. The Kier molecular flexibility index (Phi) is 4.28. The fourth-order valence-electron chi connectivity index (χ4n) is 1.84. The molecule has 0 aromatic carbocycles. The molecule has 0 aromatic heterocycles. The van der Waals surface area contributed by atoms with Crippen LogP contribution in [0.1, 0.15) is 46.0 Å². The topological polar surface area (TPSA) is 37.3 Å². The molecule has 2 heteroatoms. The van der Waals surface area contributed by atoms with E-state index in [0.29, 0.717) is 12.0 Å². The van der Waals surface area contributed by atoms with Gasteiger partial charge in [-0.3, -0.25) is 4.79 Å². The summed E-state index contributed by atoms with van der Waals surface area (Å²) in [4.78, 5) is 11.5. The first-order valence-corrected chi connectivity index (χ1v) is 5.80. The van der Waals surface area contributed by atoms with Gasteiger partial charge in [-0.15, -0.1) is 0 Å². The van der Waals surface area contributed by atoms with Crippen LogP contribution in [0.3, 0.4) is 0 Å². The predicted molar refractivity (Wildman–Crippen MR) is 61.6 cm³/mol. The van der Waals surface area contributed by atoms with Crippen molar-refractivity contribution in [3.8, 4) is 0 Å². The number of unbranched alkanes of at least 4 members (excludes halogenated alkanes) is 2. The van der Waals surface area contributed by atoms with Crippen molar-refractivity contribution in [2.24, 2.45) is 0 Å². The second-order valence-corrected chi connectivity index (χ2v) is 4.13. The summed E-state index contributed by atoms with van der Waals surface area (Å²) in [6.07, 6.45) is 9.52. The third-order valence-electron chi connectivity index (χ3n) is 2.79. The number of hydrogen-bond acceptors (Lipinski definition) is 2. The summed E-state index contributed by atoms with van der Waals surface area (Å²) in [5, 5.41) is 10.3. The zero-order chi connectivity index (χ0) is 11.3.